The first kappa shape index (κ1) is 16.8. The SMILES string of the molecule is CCC(Nc1ccc(OC)c(CO)c1)C(=O)Nc1cc(C)on1. The molecule has 1 aromatic carbocycles. The van der Waals surface area contributed by atoms with Crippen molar-refractivity contribution in [2.24, 2.45) is 0 Å². The lowest BCUT2D eigenvalue weighted by molar-refractivity contribution is -0.117. The molecule has 2 rings (SSSR count). The zero-order chi connectivity index (χ0) is 16.8. The van der Waals surface area contributed by atoms with Crippen LogP contribution >= 0.6 is 0 Å². The van der Waals surface area contributed by atoms with Gasteiger partial charge in [0.05, 0.1) is 13.7 Å². The van der Waals surface area contributed by atoms with Gasteiger partial charge in [0, 0.05) is 17.3 Å². The fraction of sp³-hybridized carbons (Fsp3) is 0.375. The van der Waals surface area contributed by atoms with E-state index in [9.17, 15) is 9.90 Å². The fourth-order valence-electron chi connectivity index (χ4n) is 2.18. The van der Waals surface area contributed by atoms with Crippen LogP contribution in [0.1, 0.15) is 24.7 Å². The highest BCUT2D eigenvalue weighted by Crippen LogP contribution is 2.23. The molecular formula is C16H21N3O4. The molecule has 1 heterocycles. The minimum absolute atomic E-state index is 0.139. The van der Waals surface area contributed by atoms with Crippen LogP contribution in [-0.2, 0) is 11.4 Å². The van der Waals surface area contributed by atoms with Crippen molar-refractivity contribution >= 4 is 17.4 Å². The molecule has 0 spiro atoms. The van der Waals surface area contributed by atoms with Crippen LogP contribution < -0.4 is 15.4 Å². The quantitative estimate of drug-likeness (QED) is 0.724. The van der Waals surface area contributed by atoms with E-state index in [2.05, 4.69) is 15.8 Å². The number of nitrogens with zero attached hydrogens (tertiary/aromatic N) is 1. The van der Waals surface area contributed by atoms with E-state index >= 15 is 0 Å². The molecule has 1 unspecified atom stereocenters. The Hall–Kier alpha value is -2.54. The first-order chi connectivity index (χ1) is 11.1. The molecule has 0 radical (unpaired) electrons. The van der Waals surface area contributed by atoms with Crippen molar-refractivity contribution < 1.29 is 19.2 Å². The molecule has 1 aromatic heterocycles. The summed E-state index contributed by atoms with van der Waals surface area (Å²) in [5.41, 5.74) is 1.38. The van der Waals surface area contributed by atoms with Gasteiger partial charge >= 0.3 is 0 Å². The molecule has 0 fully saturated rings. The fourth-order valence-corrected chi connectivity index (χ4v) is 2.18. The Morgan fingerprint density at radius 1 is 1.43 bits per heavy atom. The first-order valence-corrected chi connectivity index (χ1v) is 7.35. The second-order valence-electron chi connectivity index (χ2n) is 5.10. The summed E-state index contributed by atoms with van der Waals surface area (Å²) in [5.74, 6) is 1.42. The smallest absolute Gasteiger partial charge is 0.248 e. The highest BCUT2D eigenvalue weighted by molar-refractivity contribution is 5.95. The van der Waals surface area contributed by atoms with Gasteiger partial charge in [-0.3, -0.25) is 4.79 Å². The molecule has 0 aliphatic rings. The summed E-state index contributed by atoms with van der Waals surface area (Å²) < 4.78 is 10.1. The first-order valence-electron chi connectivity index (χ1n) is 7.35. The molecule has 0 bridgehead atoms. The van der Waals surface area contributed by atoms with E-state index in [1.165, 1.54) is 0 Å². The van der Waals surface area contributed by atoms with E-state index in [0.29, 0.717) is 29.3 Å². The van der Waals surface area contributed by atoms with E-state index in [1.54, 1.807) is 38.3 Å². The summed E-state index contributed by atoms with van der Waals surface area (Å²) in [7, 11) is 1.55. The third kappa shape index (κ3) is 4.23. The maximum atomic E-state index is 12.3. The number of rotatable bonds is 7. The number of aliphatic hydroxyl groups is 1. The minimum Gasteiger partial charge on any atom is -0.496 e. The van der Waals surface area contributed by atoms with Gasteiger partial charge in [-0.1, -0.05) is 12.1 Å². The van der Waals surface area contributed by atoms with Crippen molar-refractivity contribution in [1.29, 1.82) is 0 Å². The topological polar surface area (TPSA) is 96.6 Å². The molecule has 1 amide bonds. The highest BCUT2D eigenvalue weighted by atomic mass is 16.5. The normalized spacial score (nSPS) is 11.8. The number of carbonyl (C=O) groups is 1. The lowest BCUT2D eigenvalue weighted by Crippen LogP contribution is -2.34. The summed E-state index contributed by atoms with van der Waals surface area (Å²) in [5, 5.41) is 19.0. The lowest BCUT2D eigenvalue weighted by atomic mass is 10.1. The summed E-state index contributed by atoms with van der Waals surface area (Å²) >= 11 is 0. The van der Waals surface area contributed by atoms with Crippen molar-refractivity contribution in [3.8, 4) is 5.75 Å². The molecule has 0 saturated carbocycles. The van der Waals surface area contributed by atoms with Gasteiger partial charge in [0.2, 0.25) is 5.91 Å². The van der Waals surface area contributed by atoms with Crippen molar-refractivity contribution in [2.75, 3.05) is 17.7 Å². The average molecular weight is 319 g/mol. The van der Waals surface area contributed by atoms with Gasteiger partial charge in [0.1, 0.15) is 17.6 Å². The predicted molar refractivity (Wildman–Crippen MR) is 86.5 cm³/mol. The van der Waals surface area contributed by atoms with Crippen molar-refractivity contribution in [3.63, 3.8) is 0 Å². The number of ether oxygens (including phenoxy) is 1. The van der Waals surface area contributed by atoms with Gasteiger partial charge in [0.25, 0.3) is 0 Å². The van der Waals surface area contributed by atoms with Crippen molar-refractivity contribution in [2.45, 2.75) is 32.9 Å². The van der Waals surface area contributed by atoms with Crippen LogP contribution in [0, 0.1) is 6.92 Å². The molecule has 7 heteroatoms. The molecular weight excluding hydrogens is 298 g/mol. The Morgan fingerprint density at radius 3 is 2.78 bits per heavy atom. The second kappa shape index (κ2) is 7.64. The monoisotopic (exact) mass is 319 g/mol. The number of hydrogen-bond donors (Lipinski definition) is 3. The van der Waals surface area contributed by atoms with Gasteiger partial charge in [-0.05, 0) is 31.5 Å². The van der Waals surface area contributed by atoms with Crippen molar-refractivity contribution in [1.82, 2.24) is 5.16 Å². The predicted octanol–water partition coefficient (Wildman–Crippen LogP) is 2.31. The summed E-state index contributed by atoms with van der Waals surface area (Å²) in [6, 6.07) is 6.52. The zero-order valence-electron chi connectivity index (χ0n) is 13.4. The Kier molecular flexibility index (Phi) is 5.59. The van der Waals surface area contributed by atoms with Gasteiger partial charge in [-0.15, -0.1) is 0 Å². The van der Waals surface area contributed by atoms with Gasteiger partial charge in [-0.2, -0.15) is 0 Å². The zero-order valence-corrected chi connectivity index (χ0v) is 13.4. The maximum Gasteiger partial charge on any atom is 0.248 e. The number of amides is 1. The van der Waals surface area contributed by atoms with Crippen LogP contribution in [0.4, 0.5) is 11.5 Å². The Bertz CT molecular complexity index is 669. The van der Waals surface area contributed by atoms with Crippen LogP contribution in [-0.4, -0.2) is 29.3 Å². The lowest BCUT2D eigenvalue weighted by Gasteiger charge is -2.18. The van der Waals surface area contributed by atoms with E-state index < -0.39 is 6.04 Å². The molecule has 0 saturated heterocycles. The number of benzene rings is 1. The number of nitrogens with one attached hydrogen (secondary N) is 2. The van der Waals surface area contributed by atoms with Crippen LogP contribution in [0.2, 0.25) is 0 Å². The molecule has 124 valence electrons. The van der Waals surface area contributed by atoms with Crippen LogP contribution in [0.3, 0.4) is 0 Å². The summed E-state index contributed by atoms with van der Waals surface area (Å²) in [6.07, 6.45) is 0.586. The molecule has 7 nitrogen and oxygen atoms in total. The summed E-state index contributed by atoms with van der Waals surface area (Å²) in [4.78, 5) is 12.3. The minimum atomic E-state index is -0.438. The number of hydrogen-bond acceptors (Lipinski definition) is 6. The van der Waals surface area contributed by atoms with E-state index in [-0.39, 0.29) is 12.5 Å². The third-order valence-electron chi connectivity index (χ3n) is 3.40. The Morgan fingerprint density at radius 2 is 2.22 bits per heavy atom. The molecule has 23 heavy (non-hydrogen) atoms. The van der Waals surface area contributed by atoms with E-state index in [0.717, 1.165) is 5.69 Å². The number of methoxy groups -OCH3 is 1. The maximum absolute atomic E-state index is 12.3. The van der Waals surface area contributed by atoms with Crippen LogP contribution in [0.25, 0.3) is 0 Å². The molecule has 0 aliphatic heterocycles. The number of aromatic nitrogens is 1. The number of aliphatic hydroxyl groups excluding tert-OH is 1. The average Bonchev–Trinajstić information content (AvgIpc) is 2.97. The molecule has 1 atom stereocenters. The number of aryl methyl sites for hydroxylation is 1. The number of carbonyl (C=O) groups excluding carboxylic acids is 1. The van der Waals surface area contributed by atoms with Crippen molar-refractivity contribution in [3.05, 3.63) is 35.6 Å². The van der Waals surface area contributed by atoms with Gasteiger partial charge in [0.15, 0.2) is 5.82 Å². The largest absolute Gasteiger partial charge is 0.496 e. The Labute approximate surface area is 134 Å². The molecule has 3 N–H and O–H groups in total. The van der Waals surface area contributed by atoms with Gasteiger partial charge < -0.3 is 25.0 Å². The highest BCUT2D eigenvalue weighted by Gasteiger charge is 2.18. The third-order valence-corrected chi connectivity index (χ3v) is 3.40. The second-order valence-corrected chi connectivity index (χ2v) is 5.10. The van der Waals surface area contributed by atoms with Crippen LogP contribution in [0.5, 0.6) is 5.75 Å². The number of anilines is 2. The Balaban J connectivity index is 2.07. The molecule has 2 aromatic rings. The van der Waals surface area contributed by atoms with Crippen LogP contribution in [0.15, 0.2) is 28.8 Å². The standard InChI is InChI=1S/C16H21N3O4/c1-4-13(16(21)18-15-7-10(2)23-19-15)17-12-5-6-14(22-3)11(8-12)9-20/h5-8,13,17,20H,4,9H2,1-3H3,(H,18,19,21). The van der Waals surface area contributed by atoms with E-state index in [4.69, 9.17) is 9.26 Å². The molecule has 0 aliphatic carbocycles. The van der Waals surface area contributed by atoms with Gasteiger partial charge in [-0.25, -0.2) is 0 Å². The van der Waals surface area contributed by atoms with E-state index in [1.807, 2.05) is 6.92 Å². The summed E-state index contributed by atoms with van der Waals surface area (Å²) in [6.45, 7) is 3.52.